The van der Waals surface area contributed by atoms with Crippen LogP contribution in [0, 0.1) is 0 Å². The molecule has 0 aliphatic rings. The average molecular weight is 565 g/mol. The number of carbonyl (C=O) groups is 2. The largest absolute Gasteiger partial charge is 0.277 e. The summed E-state index contributed by atoms with van der Waals surface area (Å²) in [5, 5.41) is 1.41. The van der Waals surface area contributed by atoms with Crippen molar-refractivity contribution >= 4 is 49.1 Å². The molecular weight excluding hydrogens is 540 g/mol. The van der Waals surface area contributed by atoms with E-state index in [1.807, 2.05) is 0 Å². The number of rotatable bonds is 7. The Kier molecular flexibility index (Phi) is 8.40. The van der Waals surface area contributed by atoms with Gasteiger partial charge in [0.05, 0.1) is 15.5 Å². The van der Waals surface area contributed by atoms with Gasteiger partial charge in [-0.1, -0.05) is 11.6 Å². The Labute approximate surface area is 221 Å². The fourth-order valence-corrected chi connectivity index (χ4v) is 5.02. The number of nitrogens with zero attached hydrogens (tertiary/aromatic N) is 3. The van der Waals surface area contributed by atoms with Crippen molar-refractivity contribution in [3.63, 3.8) is 0 Å². The summed E-state index contributed by atoms with van der Waals surface area (Å²) in [6.07, 6.45) is 0. The van der Waals surface area contributed by atoms with Crippen LogP contribution in [0.15, 0.2) is 82.6 Å². The normalized spacial score (nSPS) is 12.0. The summed E-state index contributed by atoms with van der Waals surface area (Å²) in [7, 11) is -1.78. The molecule has 0 atom stereocenters. The highest BCUT2D eigenvalue weighted by Crippen LogP contribution is 2.21. The number of amides is 2. The molecule has 0 heterocycles. The Balaban J connectivity index is 1.93. The molecule has 0 fully saturated rings. The van der Waals surface area contributed by atoms with Gasteiger partial charge < -0.3 is 0 Å². The quantitative estimate of drug-likeness (QED) is 0.440. The topological polar surface area (TPSA) is 124 Å². The maximum absolute atomic E-state index is 13.4. The molecule has 0 bridgehead atoms. The van der Waals surface area contributed by atoms with E-state index >= 15 is 0 Å². The summed E-state index contributed by atoms with van der Waals surface area (Å²) in [4.78, 5) is 26.4. The van der Waals surface area contributed by atoms with E-state index in [1.165, 1.54) is 101 Å². The number of benzene rings is 3. The maximum atomic E-state index is 13.4. The molecule has 1 N–H and O–H groups in total. The minimum Gasteiger partial charge on any atom is -0.267 e. The lowest BCUT2D eigenvalue weighted by molar-refractivity contribution is 0.0887. The first-order chi connectivity index (χ1) is 17.2. The molecule has 196 valence electrons. The highest BCUT2D eigenvalue weighted by atomic mass is 35.5. The Morgan fingerprint density at radius 3 is 1.46 bits per heavy atom. The van der Waals surface area contributed by atoms with Gasteiger partial charge >= 0.3 is 0 Å². The van der Waals surface area contributed by atoms with Crippen molar-refractivity contribution in [1.82, 2.24) is 14.0 Å². The molecule has 0 aliphatic carbocycles. The van der Waals surface area contributed by atoms with Crippen molar-refractivity contribution in [2.45, 2.75) is 9.79 Å². The molecule has 0 spiro atoms. The first-order valence-electron chi connectivity index (χ1n) is 10.7. The molecule has 0 aliphatic heterocycles. The third-order valence-corrected chi connectivity index (χ3v) is 9.19. The summed E-state index contributed by atoms with van der Waals surface area (Å²) in [6, 6.07) is 16.7. The van der Waals surface area contributed by atoms with Gasteiger partial charge in [-0.25, -0.2) is 30.5 Å². The molecule has 0 radical (unpaired) electrons. The molecule has 37 heavy (non-hydrogen) atoms. The predicted octanol–water partition coefficient (Wildman–Crippen LogP) is 2.83. The Morgan fingerprint density at radius 2 is 1.05 bits per heavy atom. The second-order valence-corrected chi connectivity index (χ2v) is 12.9. The van der Waals surface area contributed by atoms with E-state index in [-0.39, 0.29) is 20.9 Å². The maximum Gasteiger partial charge on any atom is 0.277 e. The summed E-state index contributed by atoms with van der Waals surface area (Å²) in [5.74, 6) is -1.32. The van der Waals surface area contributed by atoms with Crippen LogP contribution in [0.4, 0.5) is 5.69 Å². The van der Waals surface area contributed by atoms with Crippen molar-refractivity contribution < 1.29 is 26.4 Å². The van der Waals surface area contributed by atoms with Gasteiger partial charge in [0.1, 0.15) is 0 Å². The van der Waals surface area contributed by atoms with Gasteiger partial charge in [-0.05, 0) is 72.8 Å². The average Bonchev–Trinajstić information content (AvgIpc) is 2.87. The zero-order valence-electron chi connectivity index (χ0n) is 20.4. The van der Waals surface area contributed by atoms with Gasteiger partial charge in [0.25, 0.3) is 11.8 Å². The first-order valence-corrected chi connectivity index (χ1v) is 14.0. The van der Waals surface area contributed by atoms with Crippen molar-refractivity contribution in [3.05, 3.63) is 88.9 Å². The number of carbonyl (C=O) groups excluding carboxylic acids is 2. The molecule has 3 rings (SSSR count). The van der Waals surface area contributed by atoms with E-state index in [1.54, 1.807) is 0 Å². The van der Waals surface area contributed by atoms with E-state index in [0.29, 0.717) is 10.7 Å². The number of halogens is 1. The monoisotopic (exact) mass is 564 g/mol. The van der Waals surface area contributed by atoms with E-state index in [0.717, 1.165) is 13.6 Å². The third kappa shape index (κ3) is 6.17. The number of anilines is 1. The lowest BCUT2D eigenvalue weighted by atomic mass is 10.2. The van der Waals surface area contributed by atoms with E-state index in [2.05, 4.69) is 5.43 Å². The van der Waals surface area contributed by atoms with Gasteiger partial charge in [0, 0.05) is 44.3 Å². The summed E-state index contributed by atoms with van der Waals surface area (Å²) < 4.78 is 51.4. The van der Waals surface area contributed by atoms with Crippen LogP contribution in [-0.2, 0) is 20.0 Å². The van der Waals surface area contributed by atoms with Crippen molar-refractivity contribution in [2.24, 2.45) is 0 Å². The standard InChI is InChI=1S/C24H25ClN4O6S2/c1-27(2)36(32,33)21-13-5-17(6-14-21)23(30)26-29(20-11-9-19(25)10-12-20)24(31)18-7-15-22(16-8-18)37(34,35)28(3)4/h5-16H,1-4H3,(H,26,30). The molecule has 0 saturated carbocycles. The van der Waals surface area contributed by atoms with Gasteiger partial charge in [-0.15, -0.1) is 0 Å². The van der Waals surface area contributed by atoms with Crippen molar-refractivity contribution in [1.29, 1.82) is 0 Å². The second kappa shape index (κ2) is 11.0. The summed E-state index contributed by atoms with van der Waals surface area (Å²) in [6.45, 7) is 0. The molecule has 0 aromatic heterocycles. The van der Waals surface area contributed by atoms with Crippen LogP contribution in [0.3, 0.4) is 0 Å². The van der Waals surface area contributed by atoms with Gasteiger partial charge in [0.15, 0.2) is 0 Å². The highest BCUT2D eigenvalue weighted by Gasteiger charge is 2.24. The number of hydrazine groups is 1. The van der Waals surface area contributed by atoms with Crippen LogP contribution >= 0.6 is 11.6 Å². The molecule has 13 heteroatoms. The van der Waals surface area contributed by atoms with Gasteiger partial charge in [-0.2, -0.15) is 0 Å². The number of nitrogens with one attached hydrogen (secondary N) is 1. The lowest BCUT2D eigenvalue weighted by Crippen LogP contribution is -2.46. The molecule has 2 amide bonds. The fourth-order valence-electron chi connectivity index (χ4n) is 3.09. The number of hydrogen-bond acceptors (Lipinski definition) is 6. The van der Waals surface area contributed by atoms with Crippen LogP contribution in [0.2, 0.25) is 5.02 Å². The summed E-state index contributed by atoms with van der Waals surface area (Å²) >= 11 is 5.97. The fraction of sp³-hybridized carbons (Fsp3) is 0.167. The molecule has 0 unspecified atom stereocenters. The molecular formula is C24H25ClN4O6S2. The first kappa shape index (κ1) is 28.3. The minimum absolute atomic E-state index is 0.00361. The second-order valence-electron chi connectivity index (χ2n) is 8.18. The van der Waals surface area contributed by atoms with Crippen LogP contribution in [0.25, 0.3) is 0 Å². The highest BCUT2D eigenvalue weighted by molar-refractivity contribution is 7.89. The van der Waals surface area contributed by atoms with Crippen LogP contribution < -0.4 is 10.4 Å². The number of hydrogen-bond donors (Lipinski definition) is 1. The Bertz CT molecular complexity index is 1500. The molecule has 10 nitrogen and oxygen atoms in total. The van der Waals surface area contributed by atoms with Crippen LogP contribution in [0.1, 0.15) is 20.7 Å². The summed E-state index contributed by atoms with van der Waals surface area (Å²) in [5.41, 5.74) is 3.04. The van der Waals surface area contributed by atoms with E-state index in [4.69, 9.17) is 11.6 Å². The van der Waals surface area contributed by atoms with E-state index in [9.17, 15) is 26.4 Å². The SMILES string of the molecule is CN(C)S(=O)(=O)c1ccc(C(=O)NN(C(=O)c2ccc(S(=O)(=O)N(C)C)cc2)c2ccc(Cl)cc2)cc1. The minimum atomic E-state index is -3.69. The molecule has 0 saturated heterocycles. The van der Waals surface area contributed by atoms with Gasteiger partial charge in [-0.3, -0.25) is 15.0 Å². The zero-order chi connectivity index (χ0) is 27.5. The molecule has 3 aromatic carbocycles. The van der Waals surface area contributed by atoms with Crippen molar-refractivity contribution in [3.8, 4) is 0 Å². The lowest BCUT2D eigenvalue weighted by Gasteiger charge is -2.24. The smallest absolute Gasteiger partial charge is 0.267 e. The Morgan fingerprint density at radius 1 is 0.649 bits per heavy atom. The predicted molar refractivity (Wildman–Crippen MR) is 140 cm³/mol. The zero-order valence-corrected chi connectivity index (χ0v) is 22.8. The number of sulfonamides is 2. The molecule has 3 aromatic rings. The third-order valence-electron chi connectivity index (χ3n) is 5.28. The Hall–Kier alpha value is -3.29. The van der Waals surface area contributed by atoms with Gasteiger partial charge in [0.2, 0.25) is 20.0 Å². The van der Waals surface area contributed by atoms with E-state index < -0.39 is 31.9 Å². The van der Waals surface area contributed by atoms with Crippen LogP contribution in [-0.4, -0.2) is 65.5 Å². The van der Waals surface area contributed by atoms with Crippen molar-refractivity contribution in [2.75, 3.05) is 33.2 Å². The van der Waals surface area contributed by atoms with Crippen LogP contribution in [0.5, 0.6) is 0 Å².